The predicted octanol–water partition coefficient (Wildman–Crippen LogP) is 23.0. The van der Waals surface area contributed by atoms with Crippen molar-refractivity contribution < 1.29 is 80.2 Å². The monoisotopic (exact) mass is 1420 g/mol. The summed E-state index contributed by atoms with van der Waals surface area (Å²) in [6.07, 6.45) is 55.5. The van der Waals surface area contributed by atoms with E-state index >= 15 is 0 Å². The summed E-state index contributed by atoms with van der Waals surface area (Å²) < 4.78 is 68.6. The molecule has 0 aromatic heterocycles. The van der Waals surface area contributed by atoms with Crippen molar-refractivity contribution in [3.8, 4) is 0 Å². The van der Waals surface area contributed by atoms with Gasteiger partial charge in [-0.05, 0) is 43.4 Å². The van der Waals surface area contributed by atoms with Crippen LogP contribution in [-0.4, -0.2) is 96.7 Å². The lowest BCUT2D eigenvalue weighted by Gasteiger charge is -2.21. The Balaban J connectivity index is 5.25. The number of esters is 4. The van der Waals surface area contributed by atoms with Crippen LogP contribution in [0.2, 0.25) is 0 Å². The molecule has 0 aliphatic rings. The summed E-state index contributed by atoms with van der Waals surface area (Å²) in [5, 5.41) is 10.6. The first-order valence-corrected chi connectivity index (χ1v) is 43.3. The van der Waals surface area contributed by atoms with Crippen molar-refractivity contribution in [1.82, 2.24) is 0 Å². The van der Waals surface area contributed by atoms with E-state index < -0.39 is 97.5 Å². The maximum absolute atomic E-state index is 13.1. The van der Waals surface area contributed by atoms with E-state index in [0.29, 0.717) is 31.6 Å². The van der Waals surface area contributed by atoms with Gasteiger partial charge in [0.1, 0.15) is 19.3 Å². The molecule has 576 valence electrons. The number of phosphoric ester groups is 2. The van der Waals surface area contributed by atoms with E-state index in [4.69, 9.17) is 37.0 Å². The smallest absolute Gasteiger partial charge is 0.462 e. The summed E-state index contributed by atoms with van der Waals surface area (Å²) >= 11 is 0. The van der Waals surface area contributed by atoms with Crippen molar-refractivity contribution in [2.24, 2.45) is 17.8 Å². The van der Waals surface area contributed by atoms with E-state index in [2.05, 4.69) is 48.5 Å². The Morgan fingerprint density at radius 3 is 0.701 bits per heavy atom. The Hall–Kier alpha value is -1.94. The van der Waals surface area contributed by atoms with Crippen LogP contribution in [0.25, 0.3) is 0 Å². The molecule has 0 saturated heterocycles. The van der Waals surface area contributed by atoms with Crippen molar-refractivity contribution in [2.45, 2.75) is 420 Å². The fourth-order valence-corrected chi connectivity index (χ4v) is 13.5. The first-order valence-electron chi connectivity index (χ1n) is 40.3. The second kappa shape index (κ2) is 68.5. The molecule has 0 rings (SSSR count). The van der Waals surface area contributed by atoms with Crippen LogP contribution < -0.4 is 0 Å². The van der Waals surface area contributed by atoms with Crippen molar-refractivity contribution in [3.63, 3.8) is 0 Å². The lowest BCUT2D eigenvalue weighted by molar-refractivity contribution is -0.161. The van der Waals surface area contributed by atoms with Gasteiger partial charge >= 0.3 is 39.5 Å². The van der Waals surface area contributed by atoms with E-state index in [1.807, 2.05) is 0 Å². The summed E-state index contributed by atoms with van der Waals surface area (Å²) in [6, 6.07) is 0. The molecular weight excluding hydrogens is 1270 g/mol. The van der Waals surface area contributed by atoms with Crippen LogP contribution in [0.3, 0.4) is 0 Å². The quantitative estimate of drug-likeness (QED) is 0.0222. The average Bonchev–Trinajstić information content (AvgIpc) is 2.25. The zero-order valence-electron chi connectivity index (χ0n) is 63.5. The number of unbranched alkanes of at least 4 members (excludes halogenated alkanes) is 44. The highest BCUT2D eigenvalue weighted by Gasteiger charge is 2.30. The van der Waals surface area contributed by atoms with E-state index in [-0.39, 0.29) is 25.7 Å². The van der Waals surface area contributed by atoms with Gasteiger partial charge in [0, 0.05) is 25.7 Å². The molecule has 0 aromatic carbocycles. The topological polar surface area (TPSA) is 237 Å². The standard InChI is InChI=1S/C78H152O17P2/c1-8-9-10-11-12-13-14-15-16-17-18-19-27-32-39-47-54-61-77(82)94-73(65-88-75(80)59-52-45-38-31-26-22-20-24-29-35-42-49-56-69(2)3)67-92-96(84,85)90-63-72(79)64-91-97(86,87)93-68-74(66-89-76(81)60-53-46-41-34-37-44-51-58-71(6)7)95-78(83)62-55-48-40-33-28-23-21-25-30-36-43-50-57-70(4)5/h69-74,79H,8-68H2,1-7H3,(H,84,85)(H,86,87)/t72-,73-,74-/m1/s1. The Morgan fingerprint density at radius 1 is 0.278 bits per heavy atom. The lowest BCUT2D eigenvalue weighted by atomic mass is 10.0. The van der Waals surface area contributed by atoms with E-state index in [1.165, 1.54) is 205 Å². The highest BCUT2D eigenvalue weighted by atomic mass is 31.2. The van der Waals surface area contributed by atoms with Gasteiger partial charge in [0.05, 0.1) is 26.4 Å². The molecule has 2 unspecified atom stereocenters. The molecule has 0 amide bonds. The zero-order chi connectivity index (χ0) is 71.6. The van der Waals surface area contributed by atoms with Crippen molar-refractivity contribution in [3.05, 3.63) is 0 Å². The molecule has 0 saturated carbocycles. The minimum Gasteiger partial charge on any atom is -0.462 e. The van der Waals surface area contributed by atoms with Gasteiger partial charge in [0.15, 0.2) is 12.2 Å². The van der Waals surface area contributed by atoms with Gasteiger partial charge in [0.25, 0.3) is 0 Å². The minimum atomic E-state index is -4.96. The Bertz CT molecular complexity index is 1890. The third-order valence-electron chi connectivity index (χ3n) is 18.1. The molecule has 0 aliphatic carbocycles. The van der Waals surface area contributed by atoms with Gasteiger partial charge in [-0.1, -0.05) is 350 Å². The van der Waals surface area contributed by atoms with Gasteiger partial charge in [-0.15, -0.1) is 0 Å². The molecule has 0 heterocycles. The van der Waals surface area contributed by atoms with Crippen molar-refractivity contribution in [2.75, 3.05) is 39.6 Å². The van der Waals surface area contributed by atoms with Crippen LogP contribution >= 0.6 is 15.6 Å². The summed E-state index contributed by atoms with van der Waals surface area (Å²) in [4.78, 5) is 72.9. The highest BCUT2D eigenvalue weighted by molar-refractivity contribution is 7.47. The van der Waals surface area contributed by atoms with Crippen LogP contribution in [0.1, 0.15) is 402 Å². The second-order valence-electron chi connectivity index (χ2n) is 29.5. The molecule has 19 heteroatoms. The third-order valence-corrected chi connectivity index (χ3v) is 20.0. The number of aliphatic hydroxyl groups excluding tert-OH is 1. The summed E-state index contributed by atoms with van der Waals surface area (Å²) in [6.45, 7) is 11.9. The molecule has 0 radical (unpaired) electrons. The number of hydrogen-bond acceptors (Lipinski definition) is 15. The number of carbonyl (C=O) groups is 4. The van der Waals surface area contributed by atoms with Crippen LogP contribution in [0.15, 0.2) is 0 Å². The first kappa shape index (κ1) is 95.1. The molecule has 0 aromatic rings. The maximum Gasteiger partial charge on any atom is 0.472 e. The van der Waals surface area contributed by atoms with Gasteiger partial charge < -0.3 is 33.8 Å². The minimum absolute atomic E-state index is 0.106. The van der Waals surface area contributed by atoms with Crippen molar-refractivity contribution >= 4 is 39.5 Å². The number of phosphoric acid groups is 2. The van der Waals surface area contributed by atoms with Crippen LogP contribution in [0, 0.1) is 17.8 Å². The number of carbonyl (C=O) groups excluding carboxylic acids is 4. The van der Waals surface area contributed by atoms with E-state index in [1.54, 1.807) is 0 Å². The molecule has 0 bridgehead atoms. The van der Waals surface area contributed by atoms with E-state index in [0.717, 1.165) is 108 Å². The van der Waals surface area contributed by atoms with Gasteiger partial charge in [-0.25, -0.2) is 9.13 Å². The maximum atomic E-state index is 13.1. The van der Waals surface area contributed by atoms with Crippen LogP contribution in [0.4, 0.5) is 0 Å². The molecule has 0 fully saturated rings. The number of aliphatic hydroxyl groups is 1. The molecule has 0 spiro atoms. The predicted molar refractivity (Wildman–Crippen MR) is 395 cm³/mol. The van der Waals surface area contributed by atoms with Crippen LogP contribution in [0.5, 0.6) is 0 Å². The molecular formula is C78H152O17P2. The van der Waals surface area contributed by atoms with Gasteiger partial charge in [-0.3, -0.25) is 37.3 Å². The summed E-state index contributed by atoms with van der Waals surface area (Å²) in [7, 11) is -9.92. The second-order valence-corrected chi connectivity index (χ2v) is 32.4. The van der Waals surface area contributed by atoms with Crippen LogP contribution in [-0.2, 0) is 65.4 Å². The number of hydrogen-bond donors (Lipinski definition) is 3. The number of ether oxygens (including phenoxy) is 4. The van der Waals surface area contributed by atoms with Gasteiger partial charge in [-0.2, -0.15) is 0 Å². The average molecular weight is 1420 g/mol. The zero-order valence-corrected chi connectivity index (χ0v) is 65.3. The Labute approximate surface area is 594 Å². The Kier molecular flexibility index (Phi) is 67.1. The van der Waals surface area contributed by atoms with Gasteiger partial charge in [0.2, 0.25) is 0 Å². The van der Waals surface area contributed by atoms with E-state index in [9.17, 15) is 43.2 Å². The highest BCUT2D eigenvalue weighted by Crippen LogP contribution is 2.45. The first-order chi connectivity index (χ1) is 46.7. The summed E-state index contributed by atoms with van der Waals surface area (Å²) in [5.41, 5.74) is 0. The fraction of sp³-hybridized carbons (Fsp3) is 0.949. The number of rotatable bonds is 76. The molecule has 3 N–H and O–H groups in total. The molecule has 5 atom stereocenters. The molecule has 17 nitrogen and oxygen atoms in total. The SMILES string of the molecule is CCCCCCCCCCCCCCCCCCCC(=O)O[C@H](COC(=O)CCCCCCCCCCCCCCC(C)C)COP(=O)(O)OC[C@@H](O)COP(=O)(O)OC[C@@H](COC(=O)CCCCCCCCCC(C)C)OC(=O)CCCCCCCCCCCCCCC(C)C. The largest absolute Gasteiger partial charge is 0.472 e. The summed E-state index contributed by atoms with van der Waals surface area (Å²) in [5.74, 6) is 0.149. The van der Waals surface area contributed by atoms with Crippen molar-refractivity contribution in [1.29, 1.82) is 0 Å². The molecule has 0 aliphatic heterocycles. The fourth-order valence-electron chi connectivity index (χ4n) is 12.0. The third kappa shape index (κ3) is 72.2. The Morgan fingerprint density at radius 2 is 0.474 bits per heavy atom. The normalized spacial score (nSPS) is 14.0. The molecule has 97 heavy (non-hydrogen) atoms. The lowest BCUT2D eigenvalue weighted by Crippen LogP contribution is -2.30.